The second kappa shape index (κ2) is 5.70. The lowest BCUT2D eigenvalue weighted by atomic mass is 10.2. The van der Waals surface area contributed by atoms with Gasteiger partial charge in [0.05, 0.1) is 5.56 Å². The van der Waals surface area contributed by atoms with Crippen LogP contribution in [0.15, 0.2) is 46.9 Å². The predicted molar refractivity (Wildman–Crippen MR) is 78.4 cm³/mol. The van der Waals surface area contributed by atoms with E-state index in [4.69, 9.17) is 4.74 Å². The van der Waals surface area contributed by atoms with Gasteiger partial charge in [0.15, 0.2) is 0 Å². The largest absolute Gasteiger partial charge is 0.457 e. The van der Waals surface area contributed by atoms with Gasteiger partial charge in [0.2, 0.25) is 0 Å². The lowest BCUT2D eigenvalue weighted by Gasteiger charge is -2.14. The van der Waals surface area contributed by atoms with E-state index < -0.39 is 11.7 Å². The van der Waals surface area contributed by atoms with Crippen LogP contribution in [0.2, 0.25) is 0 Å². The number of rotatable bonds is 2. The molecule has 6 heteroatoms. The second-order valence-corrected chi connectivity index (χ2v) is 5.86. The highest BCUT2D eigenvalue weighted by Gasteiger charge is 2.34. The second-order valence-electron chi connectivity index (χ2n) is 3.70. The molecule has 100 valence electrons. The smallest absolute Gasteiger partial charge is 0.419 e. The molecular formula is C13H7BrF3IO. The summed E-state index contributed by atoms with van der Waals surface area (Å²) in [4.78, 5) is 0. The third kappa shape index (κ3) is 3.85. The van der Waals surface area contributed by atoms with Crippen LogP contribution in [0, 0.1) is 3.57 Å². The van der Waals surface area contributed by atoms with Gasteiger partial charge in [-0.1, -0.05) is 22.0 Å². The Hall–Kier alpha value is -0.760. The van der Waals surface area contributed by atoms with Crippen molar-refractivity contribution >= 4 is 38.5 Å². The van der Waals surface area contributed by atoms with Crippen molar-refractivity contribution in [3.63, 3.8) is 0 Å². The molecule has 19 heavy (non-hydrogen) atoms. The van der Waals surface area contributed by atoms with Crippen molar-refractivity contribution in [1.29, 1.82) is 0 Å². The Labute approximate surface area is 130 Å². The first-order valence-corrected chi connectivity index (χ1v) is 7.03. The minimum Gasteiger partial charge on any atom is -0.457 e. The van der Waals surface area contributed by atoms with Gasteiger partial charge in [0.1, 0.15) is 11.5 Å². The highest BCUT2D eigenvalue weighted by molar-refractivity contribution is 14.1. The lowest BCUT2D eigenvalue weighted by molar-refractivity contribution is -0.138. The molecule has 0 unspecified atom stereocenters. The zero-order valence-electron chi connectivity index (χ0n) is 9.34. The summed E-state index contributed by atoms with van der Waals surface area (Å²) in [5, 5.41) is 0. The number of ether oxygens (including phenoxy) is 1. The molecule has 0 aliphatic heterocycles. The number of hydrogen-bond donors (Lipinski definition) is 0. The van der Waals surface area contributed by atoms with Gasteiger partial charge in [-0.25, -0.2) is 0 Å². The van der Waals surface area contributed by atoms with E-state index in [-0.39, 0.29) is 5.75 Å². The Bertz CT molecular complexity index is 599. The summed E-state index contributed by atoms with van der Waals surface area (Å²) < 4.78 is 45.4. The summed E-state index contributed by atoms with van der Waals surface area (Å²) in [6.07, 6.45) is -4.45. The minimum absolute atomic E-state index is 0.219. The molecule has 0 aliphatic carbocycles. The predicted octanol–water partition coefficient (Wildman–Crippen LogP) is 5.86. The number of benzene rings is 2. The maximum Gasteiger partial charge on any atom is 0.419 e. The minimum atomic E-state index is -4.45. The fourth-order valence-electron chi connectivity index (χ4n) is 1.47. The van der Waals surface area contributed by atoms with Crippen LogP contribution in [0.5, 0.6) is 11.5 Å². The van der Waals surface area contributed by atoms with Crippen LogP contribution in [-0.2, 0) is 6.18 Å². The fourth-order valence-corrected chi connectivity index (χ4v) is 2.33. The molecule has 0 aromatic heterocycles. The van der Waals surface area contributed by atoms with Crippen molar-refractivity contribution in [1.82, 2.24) is 0 Å². The third-order valence-electron chi connectivity index (χ3n) is 2.27. The number of hydrogen-bond acceptors (Lipinski definition) is 1. The topological polar surface area (TPSA) is 9.23 Å². The van der Waals surface area contributed by atoms with Gasteiger partial charge in [0, 0.05) is 8.04 Å². The Balaban J connectivity index is 2.41. The van der Waals surface area contributed by atoms with Gasteiger partial charge in [-0.2, -0.15) is 13.2 Å². The summed E-state index contributed by atoms with van der Waals surface area (Å²) in [6.45, 7) is 0. The Morgan fingerprint density at radius 1 is 1.05 bits per heavy atom. The zero-order chi connectivity index (χ0) is 14.0. The van der Waals surface area contributed by atoms with E-state index in [2.05, 4.69) is 38.5 Å². The Morgan fingerprint density at radius 2 is 1.79 bits per heavy atom. The maximum absolute atomic E-state index is 12.9. The van der Waals surface area contributed by atoms with E-state index in [1.54, 1.807) is 18.2 Å². The van der Waals surface area contributed by atoms with Gasteiger partial charge in [-0.05, 0) is 59.0 Å². The normalized spacial score (nSPS) is 11.4. The molecule has 2 aromatic carbocycles. The van der Waals surface area contributed by atoms with Crippen molar-refractivity contribution in [2.24, 2.45) is 0 Å². The molecule has 0 radical (unpaired) electrons. The zero-order valence-corrected chi connectivity index (χ0v) is 13.1. The Morgan fingerprint density at radius 3 is 2.42 bits per heavy atom. The monoisotopic (exact) mass is 442 g/mol. The van der Waals surface area contributed by atoms with Crippen molar-refractivity contribution in [3.8, 4) is 11.5 Å². The molecule has 1 nitrogen and oxygen atoms in total. The van der Waals surface area contributed by atoms with E-state index >= 15 is 0 Å². The molecule has 0 heterocycles. The molecule has 0 bridgehead atoms. The van der Waals surface area contributed by atoms with Crippen molar-refractivity contribution in [2.45, 2.75) is 6.18 Å². The van der Waals surface area contributed by atoms with Crippen LogP contribution >= 0.6 is 38.5 Å². The van der Waals surface area contributed by atoms with Gasteiger partial charge in [-0.3, -0.25) is 0 Å². The number of alkyl halides is 3. The highest BCUT2D eigenvalue weighted by atomic mass is 127. The standard InChI is InChI=1S/C13H7BrF3IO/c14-8-4-5-11(13(15,16)17)12(6-8)19-10-3-1-2-9(18)7-10/h1-7H. The molecule has 0 spiro atoms. The van der Waals surface area contributed by atoms with Crippen LogP contribution in [0.4, 0.5) is 13.2 Å². The van der Waals surface area contributed by atoms with Crippen molar-refractivity contribution in [2.75, 3.05) is 0 Å². The average molecular weight is 443 g/mol. The van der Waals surface area contributed by atoms with E-state index in [0.717, 1.165) is 9.64 Å². The molecule has 0 saturated carbocycles. The summed E-state index contributed by atoms with van der Waals surface area (Å²) in [5.41, 5.74) is -0.797. The van der Waals surface area contributed by atoms with Gasteiger partial charge in [0.25, 0.3) is 0 Å². The van der Waals surface area contributed by atoms with Gasteiger partial charge < -0.3 is 4.74 Å². The molecule has 2 rings (SSSR count). The van der Waals surface area contributed by atoms with E-state index in [9.17, 15) is 13.2 Å². The van der Waals surface area contributed by atoms with Crippen molar-refractivity contribution < 1.29 is 17.9 Å². The maximum atomic E-state index is 12.9. The molecule has 0 N–H and O–H groups in total. The Kier molecular flexibility index (Phi) is 4.39. The SMILES string of the molecule is FC(F)(F)c1ccc(Br)cc1Oc1cccc(I)c1. The summed E-state index contributed by atoms with van der Waals surface area (Å²) in [7, 11) is 0. The van der Waals surface area contributed by atoms with Gasteiger partial charge >= 0.3 is 6.18 Å². The van der Waals surface area contributed by atoms with E-state index in [1.807, 2.05) is 6.07 Å². The van der Waals surface area contributed by atoms with Crippen LogP contribution < -0.4 is 4.74 Å². The first-order valence-electron chi connectivity index (χ1n) is 5.16. The molecular weight excluding hydrogens is 436 g/mol. The van der Waals surface area contributed by atoms with Crippen LogP contribution in [-0.4, -0.2) is 0 Å². The van der Waals surface area contributed by atoms with Crippen molar-refractivity contribution in [3.05, 3.63) is 56.1 Å². The van der Waals surface area contributed by atoms with E-state index in [0.29, 0.717) is 10.2 Å². The van der Waals surface area contributed by atoms with Gasteiger partial charge in [-0.15, -0.1) is 0 Å². The third-order valence-corrected chi connectivity index (χ3v) is 3.44. The molecule has 0 fully saturated rings. The highest BCUT2D eigenvalue weighted by Crippen LogP contribution is 2.39. The molecule has 0 atom stereocenters. The average Bonchev–Trinajstić information content (AvgIpc) is 2.27. The number of halogens is 5. The first-order chi connectivity index (χ1) is 8.86. The fraction of sp³-hybridized carbons (Fsp3) is 0.0769. The van der Waals surface area contributed by atoms with Crippen LogP contribution in [0.1, 0.15) is 5.56 Å². The van der Waals surface area contributed by atoms with Crippen LogP contribution in [0.3, 0.4) is 0 Å². The molecule has 0 aliphatic rings. The lowest BCUT2D eigenvalue weighted by Crippen LogP contribution is -2.07. The summed E-state index contributed by atoms with van der Waals surface area (Å²) >= 11 is 5.21. The van der Waals surface area contributed by atoms with Crippen LogP contribution in [0.25, 0.3) is 0 Å². The quantitative estimate of drug-likeness (QED) is 0.529. The summed E-state index contributed by atoms with van der Waals surface area (Å²) in [6, 6.07) is 10.5. The molecule has 0 amide bonds. The molecule has 0 saturated heterocycles. The summed E-state index contributed by atoms with van der Waals surface area (Å²) in [5.74, 6) is 0.152. The first kappa shape index (κ1) is 14.6. The molecule has 2 aromatic rings. The van der Waals surface area contributed by atoms with E-state index in [1.165, 1.54) is 12.1 Å².